The monoisotopic (exact) mass is 239 g/mol. The number of hydrogen-bond acceptors (Lipinski definition) is 3. The summed E-state index contributed by atoms with van der Waals surface area (Å²) in [4.78, 5) is 0. The highest BCUT2D eigenvalue weighted by atomic mass is 15.3. The molecule has 1 aromatic carbocycles. The van der Waals surface area contributed by atoms with Crippen LogP contribution >= 0.6 is 0 Å². The van der Waals surface area contributed by atoms with Gasteiger partial charge in [0.15, 0.2) is 0 Å². The summed E-state index contributed by atoms with van der Waals surface area (Å²) < 4.78 is 1.81. The zero-order valence-electron chi connectivity index (χ0n) is 9.69. The predicted octanol–water partition coefficient (Wildman–Crippen LogP) is 1.64. The van der Waals surface area contributed by atoms with Crippen LogP contribution in [-0.2, 0) is 0 Å². The minimum absolute atomic E-state index is 0.232. The van der Waals surface area contributed by atoms with Crippen LogP contribution in [0.15, 0.2) is 55.0 Å². The van der Waals surface area contributed by atoms with E-state index < -0.39 is 0 Å². The fourth-order valence-corrected chi connectivity index (χ4v) is 1.84. The summed E-state index contributed by atoms with van der Waals surface area (Å²) >= 11 is 0. The summed E-state index contributed by atoms with van der Waals surface area (Å²) in [5.41, 5.74) is 8.97. The third-order valence-electron chi connectivity index (χ3n) is 2.84. The summed E-state index contributed by atoms with van der Waals surface area (Å²) in [6, 6.07) is 11.6. The molecule has 2 aromatic heterocycles. The normalized spacial score (nSPS) is 12.5. The average molecular weight is 239 g/mol. The van der Waals surface area contributed by atoms with E-state index in [2.05, 4.69) is 15.3 Å². The Morgan fingerprint density at radius 3 is 2.72 bits per heavy atom. The van der Waals surface area contributed by atoms with Gasteiger partial charge in [-0.05, 0) is 18.2 Å². The lowest BCUT2D eigenvalue weighted by Crippen LogP contribution is -2.11. The molecule has 3 rings (SSSR count). The molecule has 0 aliphatic heterocycles. The number of aromatic nitrogens is 4. The van der Waals surface area contributed by atoms with Crippen LogP contribution in [0.3, 0.4) is 0 Å². The lowest BCUT2D eigenvalue weighted by molar-refractivity contribution is 0.814. The van der Waals surface area contributed by atoms with Gasteiger partial charge >= 0.3 is 0 Å². The van der Waals surface area contributed by atoms with Crippen LogP contribution in [0, 0.1) is 0 Å². The summed E-state index contributed by atoms with van der Waals surface area (Å²) in [7, 11) is 0. The zero-order chi connectivity index (χ0) is 12.4. The fourth-order valence-electron chi connectivity index (χ4n) is 1.84. The molecule has 90 valence electrons. The molecule has 0 aliphatic rings. The highest BCUT2D eigenvalue weighted by Crippen LogP contribution is 2.17. The van der Waals surface area contributed by atoms with Gasteiger partial charge in [-0.1, -0.05) is 18.2 Å². The zero-order valence-corrected chi connectivity index (χ0v) is 9.69. The molecule has 0 amide bonds. The Bertz CT molecular complexity index is 612. The van der Waals surface area contributed by atoms with Gasteiger partial charge < -0.3 is 5.73 Å². The number of aromatic amines is 1. The summed E-state index contributed by atoms with van der Waals surface area (Å²) in [5, 5.41) is 11.1. The molecule has 1 atom stereocenters. The van der Waals surface area contributed by atoms with Crippen LogP contribution in [0.2, 0.25) is 0 Å². The van der Waals surface area contributed by atoms with Crippen LogP contribution in [0.25, 0.3) is 5.69 Å². The van der Waals surface area contributed by atoms with Gasteiger partial charge in [-0.2, -0.15) is 10.2 Å². The van der Waals surface area contributed by atoms with Gasteiger partial charge in [0.25, 0.3) is 0 Å². The van der Waals surface area contributed by atoms with Crippen molar-refractivity contribution in [2.75, 3.05) is 0 Å². The molecule has 5 nitrogen and oxygen atoms in total. The van der Waals surface area contributed by atoms with Crippen molar-refractivity contribution in [2.45, 2.75) is 6.04 Å². The van der Waals surface area contributed by atoms with Gasteiger partial charge in [0, 0.05) is 18.0 Å². The van der Waals surface area contributed by atoms with Crippen LogP contribution < -0.4 is 5.73 Å². The largest absolute Gasteiger partial charge is 0.319 e. The Labute approximate surface area is 104 Å². The summed E-state index contributed by atoms with van der Waals surface area (Å²) in [6.07, 6.45) is 5.40. The number of nitrogens with two attached hydrogens (primary N) is 1. The molecule has 5 heteroatoms. The minimum Gasteiger partial charge on any atom is -0.319 e. The highest BCUT2D eigenvalue weighted by molar-refractivity contribution is 5.32. The predicted molar refractivity (Wildman–Crippen MR) is 68.2 cm³/mol. The van der Waals surface area contributed by atoms with E-state index in [0.29, 0.717) is 0 Å². The maximum atomic E-state index is 6.13. The van der Waals surface area contributed by atoms with Crippen LogP contribution in [0.4, 0.5) is 0 Å². The SMILES string of the molecule is NC(c1cnn(-c2ccccc2)c1)c1ccn[nH]1. The van der Waals surface area contributed by atoms with E-state index in [1.54, 1.807) is 12.4 Å². The maximum Gasteiger partial charge on any atom is 0.0751 e. The van der Waals surface area contributed by atoms with Crippen molar-refractivity contribution in [2.24, 2.45) is 5.73 Å². The fraction of sp³-hybridized carbons (Fsp3) is 0.0769. The van der Waals surface area contributed by atoms with Crippen molar-refractivity contribution in [3.05, 3.63) is 66.2 Å². The molecular formula is C13H13N5. The third-order valence-corrected chi connectivity index (χ3v) is 2.84. The molecule has 0 saturated heterocycles. The highest BCUT2D eigenvalue weighted by Gasteiger charge is 2.12. The number of hydrogen-bond donors (Lipinski definition) is 2. The molecular weight excluding hydrogens is 226 g/mol. The minimum atomic E-state index is -0.232. The summed E-state index contributed by atoms with van der Waals surface area (Å²) in [6.45, 7) is 0. The standard InChI is InChI=1S/C13H13N5/c14-13(12-6-7-15-17-12)10-8-16-18(9-10)11-4-2-1-3-5-11/h1-9,13H,14H2,(H,15,17). The van der Waals surface area contributed by atoms with E-state index in [-0.39, 0.29) is 6.04 Å². The second-order valence-corrected chi connectivity index (χ2v) is 4.04. The second kappa shape index (κ2) is 4.46. The molecule has 0 bridgehead atoms. The number of benzene rings is 1. The molecule has 0 radical (unpaired) electrons. The van der Waals surface area contributed by atoms with E-state index in [4.69, 9.17) is 5.73 Å². The Hall–Kier alpha value is -2.40. The maximum absolute atomic E-state index is 6.13. The first-order valence-corrected chi connectivity index (χ1v) is 5.69. The number of H-pyrrole nitrogens is 1. The van der Waals surface area contributed by atoms with Crippen molar-refractivity contribution < 1.29 is 0 Å². The van der Waals surface area contributed by atoms with E-state index in [1.807, 2.05) is 47.3 Å². The smallest absolute Gasteiger partial charge is 0.0751 e. The van der Waals surface area contributed by atoms with Gasteiger partial charge in [-0.3, -0.25) is 5.10 Å². The third kappa shape index (κ3) is 1.91. The number of nitrogens with one attached hydrogen (secondary N) is 1. The average Bonchev–Trinajstić information content (AvgIpc) is 3.10. The molecule has 3 aromatic rings. The number of rotatable bonds is 3. The molecule has 0 saturated carbocycles. The first kappa shape index (κ1) is 10.7. The van der Waals surface area contributed by atoms with Crippen molar-refractivity contribution >= 4 is 0 Å². The van der Waals surface area contributed by atoms with Gasteiger partial charge in [0.2, 0.25) is 0 Å². The quantitative estimate of drug-likeness (QED) is 0.729. The van der Waals surface area contributed by atoms with Gasteiger partial charge in [-0.25, -0.2) is 4.68 Å². The Morgan fingerprint density at radius 1 is 1.17 bits per heavy atom. The Kier molecular flexibility index (Phi) is 2.66. The van der Waals surface area contributed by atoms with Crippen LogP contribution in [0.5, 0.6) is 0 Å². The van der Waals surface area contributed by atoms with E-state index in [1.165, 1.54) is 0 Å². The topological polar surface area (TPSA) is 72.5 Å². The molecule has 3 N–H and O–H groups in total. The molecule has 0 spiro atoms. The van der Waals surface area contributed by atoms with Crippen molar-refractivity contribution in [1.29, 1.82) is 0 Å². The Morgan fingerprint density at radius 2 is 2.00 bits per heavy atom. The van der Waals surface area contributed by atoms with E-state index in [9.17, 15) is 0 Å². The van der Waals surface area contributed by atoms with Crippen LogP contribution in [0.1, 0.15) is 17.3 Å². The van der Waals surface area contributed by atoms with E-state index >= 15 is 0 Å². The van der Waals surface area contributed by atoms with E-state index in [0.717, 1.165) is 16.9 Å². The molecule has 2 heterocycles. The number of para-hydroxylation sites is 1. The molecule has 1 unspecified atom stereocenters. The first-order chi connectivity index (χ1) is 8.84. The molecule has 0 fully saturated rings. The number of nitrogens with zero attached hydrogens (tertiary/aromatic N) is 3. The van der Waals surface area contributed by atoms with Gasteiger partial charge in [0.05, 0.1) is 23.6 Å². The molecule has 0 aliphatic carbocycles. The van der Waals surface area contributed by atoms with Crippen LogP contribution in [-0.4, -0.2) is 20.0 Å². The van der Waals surface area contributed by atoms with Gasteiger partial charge in [0.1, 0.15) is 0 Å². The van der Waals surface area contributed by atoms with Crippen molar-refractivity contribution in [3.63, 3.8) is 0 Å². The lowest BCUT2D eigenvalue weighted by Gasteiger charge is -2.05. The second-order valence-electron chi connectivity index (χ2n) is 4.04. The van der Waals surface area contributed by atoms with Crippen molar-refractivity contribution in [3.8, 4) is 5.69 Å². The van der Waals surface area contributed by atoms with Gasteiger partial charge in [-0.15, -0.1) is 0 Å². The summed E-state index contributed by atoms with van der Waals surface area (Å²) in [5.74, 6) is 0. The molecule has 18 heavy (non-hydrogen) atoms. The Balaban J connectivity index is 1.90. The lowest BCUT2D eigenvalue weighted by atomic mass is 10.1. The first-order valence-electron chi connectivity index (χ1n) is 5.69. The van der Waals surface area contributed by atoms with Crippen molar-refractivity contribution in [1.82, 2.24) is 20.0 Å².